The largest absolute Gasteiger partial charge is 0.459 e. The van der Waals surface area contributed by atoms with Crippen molar-refractivity contribution in [3.05, 3.63) is 0 Å². The van der Waals surface area contributed by atoms with E-state index in [-0.39, 0.29) is 17.6 Å². The van der Waals surface area contributed by atoms with E-state index in [0.717, 1.165) is 44.8 Å². The van der Waals surface area contributed by atoms with E-state index >= 15 is 0 Å². The van der Waals surface area contributed by atoms with Crippen LogP contribution in [-0.2, 0) is 9.53 Å². The minimum Gasteiger partial charge on any atom is -0.459 e. The molecule has 0 bridgehead atoms. The monoisotopic (exact) mass is 338 g/mol. The van der Waals surface area contributed by atoms with Crippen LogP contribution >= 0.6 is 11.8 Å². The maximum Gasteiger partial charge on any atom is 0.319 e. The standard InChI is InChI=1S/C17H32F2O2S/c1-6-7-11-14(15(20)21-16(2,3)4)22-13-10-8-9-12-17(5,18)19/h14H,6-13H2,1-5H3. The Morgan fingerprint density at radius 3 is 2.23 bits per heavy atom. The fraction of sp³-hybridized carbons (Fsp3) is 0.941. The van der Waals surface area contributed by atoms with Crippen LogP contribution in [0.2, 0.25) is 0 Å². The number of esters is 1. The molecule has 0 saturated carbocycles. The number of ether oxygens (including phenoxy) is 1. The van der Waals surface area contributed by atoms with Crippen molar-refractivity contribution < 1.29 is 18.3 Å². The minimum absolute atomic E-state index is 0.0526. The molecule has 0 N–H and O–H groups in total. The lowest BCUT2D eigenvalue weighted by Crippen LogP contribution is -2.30. The molecule has 0 radical (unpaired) electrons. The molecule has 0 saturated heterocycles. The molecule has 0 aromatic heterocycles. The zero-order valence-corrected chi connectivity index (χ0v) is 15.5. The number of carbonyl (C=O) groups excluding carboxylic acids is 1. The van der Waals surface area contributed by atoms with Gasteiger partial charge in [0.25, 0.3) is 0 Å². The van der Waals surface area contributed by atoms with E-state index in [1.54, 1.807) is 11.8 Å². The molecular weight excluding hydrogens is 306 g/mol. The third-order valence-corrected chi connectivity index (χ3v) is 4.42. The van der Waals surface area contributed by atoms with Gasteiger partial charge in [0.1, 0.15) is 10.9 Å². The molecule has 0 aromatic carbocycles. The van der Waals surface area contributed by atoms with Crippen molar-refractivity contribution in [3.63, 3.8) is 0 Å². The number of hydrogen-bond donors (Lipinski definition) is 0. The number of rotatable bonds is 11. The molecule has 1 atom stereocenters. The van der Waals surface area contributed by atoms with Gasteiger partial charge in [-0.05, 0) is 52.7 Å². The van der Waals surface area contributed by atoms with Crippen LogP contribution in [0, 0.1) is 0 Å². The predicted molar refractivity (Wildman–Crippen MR) is 90.7 cm³/mol. The van der Waals surface area contributed by atoms with Crippen molar-refractivity contribution >= 4 is 17.7 Å². The highest BCUT2D eigenvalue weighted by atomic mass is 32.2. The summed E-state index contributed by atoms with van der Waals surface area (Å²) in [7, 11) is 0. The van der Waals surface area contributed by atoms with E-state index < -0.39 is 11.5 Å². The molecule has 1 unspecified atom stereocenters. The normalized spacial score (nSPS) is 14.0. The number of alkyl halides is 2. The molecule has 0 spiro atoms. The number of carbonyl (C=O) groups is 1. The fourth-order valence-corrected chi connectivity index (χ4v) is 3.14. The average Bonchev–Trinajstić information content (AvgIpc) is 2.33. The summed E-state index contributed by atoms with van der Waals surface area (Å²) in [5, 5.41) is -0.133. The molecule has 5 heteroatoms. The van der Waals surface area contributed by atoms with E-state index in [4.69, 9.17) is 4.74 Å². The van der Waals surface area contributed by atoms with Gasteiger partial charge >= 0.3 is 5.97 Å². The summed E-state index contributed by atoms with van der Waals surface area (Å²) in [5.74, 6) is -1.89. The van der Waals surface area contributed by atoms with Gasteiger partial charge in [-0.1, -0.05) is 26.2 Å². The van der Waals surface area contributed by atoms with Crippen LogP contribution in [0.25, 0.3) is 0 Å². The molecule has 0 heterocycles. The quantitative estimate of drug-likeness (QED) is 0.350. The van der Waals surface area contributed by atoms with Crippen LogP contribution in [0.15, 0.2) is 0 Å². The lowest BCUT2D eigenvalue weighted by atomic mass is 10.1. The topological polar surface area (TPSA) is 26.3 Å². The second-order valence-corrected chi connectivity index (χ2v) is 8.23. The first kappa shape index (κ1) is 21.7. The van der Waals surface area contributed by atoms with Crippen LogP contribution in [0.3, 0.4) is 0 Å². The molecule has 0 aliphatic rings. The summed E-state index contributed by atoms with van der Waals surface area (Å²) >= 11 is 1.61. The molecule has 0 aromatic rings. The van der Waals surface area contributed by atoms with Crippen LogP contribution in [-0.4, -0.2) is 28.5 Å². The predicted octanol–water partition coefficient (Wildman–Crippen LogP) is 5.84. The van der Waals surface area contributed by atoms with E-state index in [0.29, 0.717) is 6.42 Å². The molecule has 22 heavy (non-hydrogen) atoms. The van der Waals surface area contributed by atoms with E-state index in [1.807, 2.05) is 20.8 Å². The van der Waals surface area contributed by atoms with Crippen molar-refractivity contribution in [2.45, 2.75) is 96.3 Å². The fourth-order valence-electron chi connectivity index (χ4n) is 1.97. The third-order valence-electron chi connectivity index (χ3n) is 3.07. The van der Waals surface area contributed by atoms with Gasteiger partial charge in [0.15, 0.2) is 0 Å². The summed E-state index contributed by atoms with van der Waals surface area (Å²) < 4.78 is 30.9. The Hall–Kier alpha value is -0.320. The SMILES string of the molecule is CCCCC(SCCCCCC(C)(F)F)C(=O)OC(C)(C)C. The zero-order valence-electron chi connectivity index (χ0n) is 14.7. The highest BCUT2D eigenvalue weighted by Crippen LogP contribution is 2.24. The van der Waals surface area contributed by atoms with Crippen LogP contribution in [0.5, 0.6) is 0 Å². The van der Waals surface area contributed by atoms with Crippen LogP contribution in [0.4, 0.5) is 8.78 Å². The summed E-state index contributed by atoms with van der Waals surface area (Å²) in [6, 6.07) is 0. The lowest BCUT2D eigenvalue weighted by Gasteiger charge is -2.23. The smallest absolute Gasteiger partial charge is 0.319 e. The molecule has 132 valence electrons. The van der Waals surface area contributed by atoms with Gasteiger partial charge in [0.2, 0.25) is 5.92 Å². The van der Waals surface area contributed by atoms with Gasteiger partial charge in [0.05, 0.1) is 0 Å². The van der Waals surface area contributed by atoms with Gasteiger partial charge < -0.3 is 4.74 Å². The Balaban J connectivity index is 4.07. The summed E-state index contributed by atoms with van der Waals surface area (Å²) in [5.41, 5.74) is -0.463. The van der Waals surface area contributed by atoms with Crippen molar-refractivity contribution in [3.8, 4) is 0 Å². The Bertz CT molecular complexity index is 309. The lowest BCUT2D eigenvalue weighted by molar-refractivity contribution is -0.154. The number of thioether (sulfide) groups is 1. The second-order valence-electron chi connectivity index (χ2n) is 6.92. The van der Waals surface area contributed by atoms with E-state index in [2.05, 4.69) is 6.92 Å². The van der Waals surface area contributed by atoms with Gasteiger partial charge in [-0.15, -0.1) is 11.8 Å². The Morgan fingerprint density at radius 1 is 1.09 bits per heavy atom. The van der Waals surface area contributed by atoms with Crippen LogP contribution in [0.1, 0.15) is 79.6 Å². The van der Waals surface area contributed by atoms with E-state index in [1.165, 1.54) is 0 Å². The molecule has 0 aliphatic carbocycles. The van der Waals surface area contributed by atoms with Gasteiger partial charge in [-0.25, -0.2) is 8.78 Å². The third kappa shape index (κ3) is 13.4. The van der Waals surface area contributed by atoms with E-state index in [9.17, 15) is 13.6 Å². The minimum atomic E-state index is -2.56. The van der Waals surface area contributed by atoms with Crippen molar-refractivity contribution in [1.29, 1.82) is 0 Å². The Kier molecular flexibility index (Phi) is 10.3. The first-order valence-corrected chi connectivity index (χ1v) is 9.32. The molecule has 0 amide bonds. The molecule has 2 nitrogen and oxygen atoms in total. The molecular formula is C17H32F2O2S. The Morgan fingerprint density at radius 2 is 1.73 bits per heavy atom. The summed E-state index contributed by atoms with van der Waals surface area (Å²) in [6.07, 6.45) is 5.00. The molecule has 0 rings (SSSR count). The maximum absolute atomic E-state index is 12.7. The summed E-state index contributed by atoms with van der Waals surface area (Å²) in [4.78, 5) is 12.2. The first-order chi connectivity index (χ1) is 10.0. The van der Waals surface area contributed by atoms with Crippen molar-refractivity contribution in [2.24, 2.45) is 0 Å². The van der Waals surface area contributed by atoms with Crippen molar-refractivity contribution in [1.82, 2.24) is 0 Å². The number of halogens is 2. The van der Waals surface area contributed by atoms with Crippen LogP contribution < -0.4 is 0 Å². The van der Waals surface area contributed by atoms with Gasteiger partial charge in [0, 0.05) is 6.42 Å². The summed E-state index contributed by atoms with van der Waals surface area (Å²) in [6.45, 7) is 8.68. The number of hydrogen-bond acceptors (Lipinski definition) is 3. The van der Waals surface area contributed by atoms with Gasteiger partial charge in [-0.2, -0.15) is 0 Å². The average molecular weight is 339 g/mol. The van der Waals surface area contributed by atoms with Crippen molar-refractivity contribution in [2.75, 3.05) is 5.75 Å². The highest BCUT2D eigenvalue weighted by molar-refractivity contribution is 8.00. The number of unbranched alkanes of at least 4 members (excludes halogenated alkanes) is 3. The maximum atomic E-state index is 12.7. The highest BCUT2D eigenvalue weighted by Gasteiger charge is 2.25. The molecule has 0 fully saturated rings. The zero-order chi connectivity index (χ0) is 17.2. The first-order valence-electron chi connectivity index (χ1n) is 8.27. The Labute approximate surface area is 138 Å². The van der Waals surface area contributed by atoms with Gasteiger partial charge in [-0.3, -0.25) is 4.79 Å². The second kappa shape index (κ2) is 10.5. The molecule has 0 aliphatic heterocycles.